The zero-order valence-electron chi connectivity index (χ0n) is 18.1. The van der Waals surface area contributed by atoms with Crippen molar-refractivity contribution in [2.24, 2.45) is 0 Å². The fraction of sp³-hybridized carbons (Fsp3) is 0.185. The number of nitrogens with one attached hydrogen (secondary N) is 2. The second kappa shape index (κ2) is 10.7. The maximum Gasteiger partial charge on any atom is 0.251 e. The predicted octanol–water partition coefficient (Wildman–Crippen LogP) is 3.80. The predicted molar refractivity (Wildman–Crippen MR) is 128 cm³/mol. The molecular weight excluding hydrogens is 416 g/mol. The highest BCUT2D eigenvalue weighted by atomic mass is 16.5. The van der Waals surface area contributed by atoms with Crippen molar-refractivity contribution in [3.8, 4) is 11.1 Å². The molecule has 6 heteroatoms. The fourth-order valence-corrected chi connectivity index (χ4v) is 3.73. The van der Waals surface area contributed by atoms with Gasteiger partial charge in [-0.15, -0.1) is 0 Å². The van der Waals surface area contributed by atoms with E-state index >= 15 is 0 Å². The zero-order chi connectivity index (χ0) is 23.0. The van der Waals surface area contributed by atoms with Crippen molar-refractivity contribution in [1.82, 2.24) is 5.32 Å². The van der Waals surface area contributed by atoms with Crippen molar-refractivity contribution in [1.29, 1.82) is 0 Å². The number of anilines is 1. The first-order valence-corrected chi connectivity index (χ1v) is 10.9. The van der Waals surface area contributed by atoms with Gasteiger partial charge in [0.2, 0.25) is 5.91 Å². The Balaban J connectivity index is 1.32. The number of aliphatic hydroxyl groups is 1. The lowest BCUT2D eigenvalue weighted by atomic mass is 10.0. The van der Waals surface area contributed by atoms with Crippen LogP contribution >= 0.6 is 0 Å². The summed E-state index contributed by atoms with van der Waals surface area (Å²) < 4.78 is 5.86. The van der Waals surface area contributed by atoms with Crippen molar-refractivity contribution in [2.75, 3.05) is 11.9 Å². The van der Waals surface area contributed by atoms with Gasteiger partial charge in [0, 0.05) is 11.3 Å². The molecule has 0 aliphatic carbocycles. The van der Waals surface area contributed by atoms with E-state index in [0.717, 1.165) is 11.1 Å². The Morgan fingerprint density at radius 3 is 2.12 bits per heavy atom. The summed E-state index contributed by atoms with van der Waals surface area (Å²) in [5.41, 5.74) is 3.41. The van der Waals surface area contributed by atoms with E-state index in [1.54, 1.807) is 36.4 Å². The molecule has 1 aliphatic rings. The molecule has 2 amide bonds. The number of rotatable bonds is 7. The summed E-state index contributed by atoms with van der Waals surface area (Å²) in [5.74, 6) is -0.442. The van der Waals surface area contributed by atoms with Crippen LogP contribution in [0, 0.1) is 0 Å². The Labute approximate surface area is 192 Å². The van der Waals surface area contributed by atoms with E-state index in [4.69, 9.17) is 4.74 Å². The molecule has 168 valence electrons. The molecular formula is C27H26N2O4. The van der Waals surface area contributed by atoms with E-state index in [1.807, 2.05) is 60.7 Å². The third-order valence-electron chi connectivity index (χ3n) is 5.46. The molecule has 0 spiro atoms. The molecule has 33 heavy (non-hydrogen) atoms. The van der Waals surface area contributed by atoms with Crippen molar-refractivity contribution in [3.05, 3.63) is 103 Å². The van der Waals surface area contributed by atoms with E-state index in [9.17, 15) is 14.7 Å². The molecule has 3 N–H and O–H groups in total. The molecule has 1 aliphatic heterocycles. The van der Waals surface area contributed by atoms with E-state index in [1.165, 1.54) is 0 Å². The standard InChI is InChI=1S/C27H26N2O4/c30-18-25-24(29-27(32)21-9-5-2-6-10-21)16-15-23(33-25)17-26(31)28-22-13-11-20(12-14-22)19-7-3-1-4-8-19/h1-16,23-25,30H,17-18H2,(H,28,31)(H,29,32)/t23-,24+,25+/m1/s1. The normalized spacial score (nSPS) is 19.6. The van der Waals surface area contributed by atoms with E-state index in [2.05, 4.69) is 10.6 Å². The molecule has 6 nitrogen and oxygen atoms in total. The van der Waals surface area contributed by atoms with E-state index < -0.39 is 18.2 Å². The number of benzene rings is 3. The molecule has 0 fully saturated rings. The first-order valence-electron chi connectivity index (χ1n) is 10.9. The van der Waals surface area contributed by atoms with Gasteiger partial charge < -0.3 is 20.5 Å². The largest absolute Gasteiger partial charge is 0.394 e. The van der Waals surface area contributed by atoms with Crippen LogP contribution in [0.2, 0.25) is 0 Å². The number of aliphatic hydroxyl groups excluding tert-OH is 1. The third-order valence-corrected chi connectivity index (χ3v) is 5.46. The molecule has 3 atom stereocenters. The van der Waals surface area contributed by atoms with Gasteiger partial charge in [0.1, 0.15) is 6.10 Å². The highest BCUT2D eigenvalue weighted by Crippen LogP contribution is 2.22. The summed E-state index contributed by atoms with van der Waals surface area (Å²) >= 11 is 0. The van der Waals surface area contributed by atoms with Crippen LogP contribution in [-0.2, 0) is 9.53 Å². The number of ether oxygens (including phenoxy) is 1. The van der Waals surface area contributed by atoms with Gasteiger partial charge in [0.05, 0.1) is 25.2 Å². The third kappa shape index (κ3) is 5.94. The molecule has 0 unspecified atom stereocenters. The summed E-state index contributed by atoms with van der Waals surface area (Å²) in [6.07, 6.45) is 2.51. The van der Waals surface area contributed by atoms with E-state index in [-0.39, 0.29) is 24.8 Å². The lowest BCUT2D eigenvalue weighted by molar-refractivity contribution is -0.120. The van der Waals surface area contributed by atoms with Gasteiger partial charge in [0.25, 0.3) is 5.91 Å². The minimum atomic E-state index is -0.634. The molecule has 3 aromatic rings. The number of hydrogen-bond donors (Lipinski definition) is 3. The van der Waals surface area contributed by atoms with Gasteiger partial charge in [-0.3, -0.25) is 9.59 Å². The lowest BCUT2D eigenvalue weighted by Crippen LogP contribution is -2.48. The lowest BCUT2D eigenvalue weighted by Gasteiger charge is -2.31. The van der Waals surface area contributed by atoms with E-state index in [0.29, 0.717) is 11.3 Å². The molecule has 0 saturated carbocycles. The van der Waals surface area contributed by atoms with Gasteiger partial charge in [-0.1, -0.05) is 72.8 Å². The molecule has 4 rings (SSSR count). The molecule has 3 aromatic carbocycles. The summed E-state index contributed by atoms with van der Waals surface area (Å²) in [6, 6.07) is 26.0. The van der Waals surface area contributed by atoms with Crippen molar-refractivity contribution in [3.63, 3.8) is 0 Å². The van der Waals surface area contributed by atoms with Gasteiger partial charge in [-0.25, -0.2) is 0 Å². The fourth-order valence-electron chi connectivity index (χ4n) is 3.73. The number of carbonyl (C=O) groups excluding carboxylic acids is 2. The highest BCUT2D eigenvalue weighted by Gasteiger charge is 2.29. The van der Waals surface area contributed by atoms with Gasteiger partial charge in [-0.05, 0) is 35.4 Å². The second-order valence-electron chi connectivity index (χ2n) is 7.84. The van der Waals surface area contributed by atoms with Crippen LogP contribution in [0.5, 0.6) is 0 Å². The Bertz CT molecular complexity index is 1100. The van der Waals surface area contributed by atoms with Crippen LogP contribution < -0.4 is 10.6 Å². The van der Waals surface area contributed by atoms with Crippen LogP contribution in [0.25, 0.3) is 11.1 Å². The van der Waals surface area contributed by atoms with Crippen molar-refractivity contribution >= 4 is 17.5 Å². The maximum absolute atomic E-state index is 12.5. The number of carbonyl (C=O) groups is 2. The maximum atomic E-state index is 12.5. The van der Waals surface area contributed by atoms with Crippen LogP contribution in [0.4, 0.5) is 5.69 Å². The molecule has 0 saturated heterocycles. The smallest absolute Gasteiger partial charge is 0.251 e. The summed E-state index contributed by atoms with van der Waals surface area (Å²) in [7, 11) is 0. The highest BCUT2D eigenvalue weighted by molar-refractivity contribution is 5.94. The Kier molecular flexibility index (Phi) is 7.29. The summed E-state index contributed by atoms with van der Waals surface area (Å²) in [4.78, 5) is 24.9. The van der Waals surface area contributed by atoms with Crippen LogP contribution in [0.1, 0.15) is 16.8 Å². The molecule has 0 bridgehead atoms. The second-order valence-corrected chi connectivity index (χ2v) is 7.84. The van der Waals surface area contributed by atoms with Crippen LogP contribution in [0.15, 0.2) is 97.1 Å². The minimum Gasteiger partial charge on any atom is -0.394 e. The zero-order valence-corrected chi connectivity index (χ0v) is 18.1. The SMILES string of the molecule is O=C(C[C@H]1C=C[C@H](NC(=O)c2ccccc2)[C@H](CO)O1)Nc1ccc(-c2ccccc2)cc1. The quantitative estimate of drug-likeness (QED) is 0.486. The first kappa shape index (κ1) is 22.5. The molecule has 0 radical (unpaired) electrons. The summed E-state index contributed by atoms with van der Waals surface area (Å²) in [6.45, 7) is -0.275. The Morgan fingerprint density at radius 2 is 1.45 bits per heavy atom. The molecule has 1 heterocycles. The van der Waals surface area contributed by atoms with Crippen LogP contribution in [0.3, 0.4) is 0 Å². The van der Waals surface area contributed by atoms with Gasteiger partial charge >= 0.3 is 0 Å². The summed E-state index contributed by atoms with van der Waals surface area (Å²) in [5, 5.41) is 15.5. The Morgan fingerprint density at radius 1 is 0.818 bits per heavy atom. The number of amides is 2. The minimum absolute atomic E-state index is 0.104. The Hall–Kier alpha value is -3.74. The monoisotopic (exact) mass is 442 g/mol. The topological polar surface area (TPSA) is 87.7 Å². The molecule has 0 aromatic heterocycles. The van der Waals surface area contributed by atoms with Crippen LogP contribution in [-0.4, -0.2) is 41.8 Å². The van der Waals surface area contributed by atoms with Crippen molar-refractivity contribution in [2.45, 2.75) is 24.7 Å². The number of hydrogen-bond acceptors (Lipinski definition) is 4. The van der Waals surface area contributed by atoms with Gasteiger partial charge in [-0.2, -0.15) is 0 Å². The average molecular weight is 443 g/mol. The van der Waals surface area contributed by atoms with Crippen molar-refractivity contribution < 1.29 is 19.4 Å². The van der Waals surface area contributed by atoms with Gasteiger partial charge in [0.15, 0.2) is 0 Å². The average Bonchev–Trinajstić information content (AvgIpc) is 2.86. The first-order chi connectivity index (χ1) is 16.1.